The third-order valence-electron chi connectivity index (χ3n) is 5.12. The maximum absolute atomic E-state index is 12.8. The maximum atomic E-state index is 12.8. The molecule has 0 bridgehead atoms. The number of rotatable bonds is 8. The van der Waals surface area contributed by atoms with Crippen molar-refractivity contribution in [2.45, 2.75) is 12.7 Å². The van der Waals surface area contributed by atoms with Crippen molar-refractivity contribution in [1.29, 1.82) is 0 Å². The minimum Gasteiger partial charge on any atom is -0.506 e. The number of aliphatic imine (C=N–C) groups is 1. The van der Waals surface area contributed by atoms with Gasteiger partial charge in [-0.3, -0.25) is 19.3 Å². The molecule has 0 saturated carbocycles. The molecule has 0 fully saturated rings. The highest BCUT2D eigenvalue weighted by Crippen LogP contribution is 2.36. The van der Waals surface area contributed by atoms with Crippen molar-refractivity contribution >= 4 is 38.7 Å². The van der Waals surface area contributed by atoms with Crippen LogP contribution in [0, 0.1) is 0 Å². The normalized spacial score (nSPS) is 12.8. The molecule has 0 unspecified atom stereocenters. The third kappa shape index (κ3) is 4.95. The number of fused-ring (bicyclic) bond motifs is 1. The van der Waals surface area contributed by atoms with Crippen LogP contribution < -0.4 is 9.46 Å². The van der Waals surface area contributed by atoms with Gasteiger partial charge in [-0.05, 0) is 24.8 Å². The van der Waals surface area contributed by atoms with Crippen LogP contribution in [0.1, 0.15) is 18.4 Å². The Kier molecular flexibility index (Phi) is 6.58. The number of imidazole rings is 1. The Morgan fingerprint density at radius 3 is 2.79 bits per heavy atom. The van der Waals surface area contributed by atoms with Crippen LogP contribution in [0.4, 0.5) is 5.82 Å². The number of aromatic hydroxyl groups is 1. The van der Waals surface area contributed by atoms with Gasteiger partial charge in [0, 0.05) is 18.6 Å². The summed E-state index contributed by atoms with van der Waals surface area (Å²) < 4.78 is 40.4. The van der Waals surface area contributed by atoms with Crippen molar-refractivity contribution in [3.63, 3.8) is 0 Å². The van der Waals surface area contributed by atoms with E-state index >= 15 is 0 Å². The summed E-state index contributed by atoms with van der Waals surface area (Å²) in [5.74, 6) is 0.142. The second-order valence-corrected chi connectivity index (χ2v) is 9.43. The summed E-state index contributed by atoms with van der Waals surface area (Å²) in [6, 6.07) is 4.72. The van der Waals surface area contributed by atoms with Gasteiger partial charge in [0.15, 0.2) is 28.6 Å². The lowest BCUT2D eigenvalue weighted by molar-refractivity contribution is 0.330. The van der Waals surface area contributed by atoms with Gasteiger partial charge in [0.1, 0.15) is 22.9 Å². The molecular formula is C24H20N8O5S. The topological polar surface area (TPSA) is 167 Å². The van der Waals surface area contributed by atoms with E-state index in [1.807, 2.05) is 6.92 Å². The molecule has 1 aromatic carbocycles. The molecule has 13 nitrogen and oxygen atoms in total. The zero-order chi connectivity index (χ0) is 26.7. The smallest absolute Gasteiger partial charge is 0.239 e. The molecule has 0 aliphatic carbocycles. The number of phenolic OH excluding ortho intramolecular Hbond substituents is 1. The maximum Gasteiger partial charge on any atom is 0.239 e. The van der Waals surface area contributed by atoms with Crippen molar-refractivity contribution in [3.05, 3.63) is 72.0 Å². The highest BCUT2D eigenvalue weighted by molar-refractivity contribution is 7.91. The predicted octanol–water partition coefficient (Wildman–Crippen LogP) is 2.36. The van der Waals surface area contributed by atoms with E-state index in [2.05, 4.69) is 46.1 Å². The van der Waals surface area contributed by atoms with Gasteiger partial charge in [0.2, 0.25) is 15.9 Å². The molecule has 3 aromatic heterocycles. The Hall–Kier alpha value is -5.03. The fraction of sp³-hybridized carbons (Fsp3) is 0.167. The minimum absolute atomic E-state index is 0.0740. The molecule has 0 saturated heterocycles. The molecule has 4 heterocycles. The number of hydrogen-bond acceptors (Lipinski definition) is 11. The summed E-state index contributed by atoms with van der Waals surface area (Å²) in [5.41, 5.74) is 6.68. The number of para-hydroxylation sites is 1. The van der Waals surface area contributed by atoms with Gasteiger partial charge in [0.05, 0.1) is 31.7 Å². The first-order valence-corrected chi connectivity index (χ1v) is 12.8. The van der Waals surface area contributed by atoms with E-state index < -0.39 is 15.8 Å². The summed E-state index contributed by atoms with van der Waals surface area (Å²) in [5, 5.41) is 10.8. The first-order chi connectivity index (χ1) is 18.4. The number of sulfonamides is 1. The standard InChI is InChI=1S/C24H20N8O5S/c1-3-37-20-9-4-6-16(28-20)23-30-22-24(32(23)21-17(33)7-5-8-18(21)36-2)29-19(13-27-22)31-38(34,35)14-15-12-25-10-11-26-15/h5,7-13,33H,3,14H2,1-2H3,(H,29,31). The van der Waals surface area contributed by atoms with Gasteiger partial charge in [0.25, 0.3) is 0 Å². The second kappa shape index (κ2) is 10.1. The van der Waals surface area contributed by atoms with E-state index in [1.165, 1.54) is 48.6 Å². The largest absolute Gasteiger partial charge is 0.506 e. The average Bonchev–Trinajstić information content (AvgIpc) is 3.27. The minimum atomic E-state index is -3.91. The fourth-order valence-electron chi connectivity index (χ4n) is 3.63. The van der Waals surface area contributed by atoms with Gasteiger partial charge in [-0.25, -0.2) is 28.4 Å². The van der Waals surface area contributed by atoms with Crippen LogP contribution in [-0.2, 0) is 20.5 Å². The molecule has 0 amide bonds. The SMILES string of the molecule is CCOC1=NC(c2nc3ncc(NS(=O)(=O)Cc4cnccn4)nc3n2-c2c(O)cccc2OC)=C=C=C1. The molecule has 2 N–H and O–H groups in total. The Labute approximate surface area is 216 Å². The molecule has 1 aliphatic heterocycles. The monoisotopic (exact) mass is 532 g/mol. The average molecular weight is 533 g/mol. The summed E-state index contributed by atoms with van der Waals surface area (Å²) in [6.45, 7) is 2.20. The van der Waals surface area contributed by atoms with Crippen LogP contribution >= 0.6 is 0 Å². The van der Waals surface area contributed by atoms with Gasteiger partial charge in [-0.2, -0.15) is 0 Å². The Bertz CT molecular complexity index is 1770. The number of hydrogen-bond donors (Lipinski definition) is 2. The van der Waals surface area contributed by atoms with E-state index in [1.54, 1.807) is 12.1 Å². The van der Waals surface area contributed by atoms with Crippen molar-refractivity contribution in [2.24, 2.45) is 4.99 Å². The lowest BCUT2D eigenvalue weighted by Crippen LogP contribution is -2.17. The number of ether oxygens (including phenoxy) is 2. The summed E-state index contributed by atoms with van der Waals surface area (Å²) >= 11 is 0. The summed E-state index contributed by atoms with van der Waals surface area (Å²) in [7, 11) is -2.46. The summed E-state index contributed by atoms with van der Waals surface area (Å²) in [6.07, 6.45) is 6.97. The first kappa shape index (κ1) is 24.7. The molecule has 5 rings (SSSR count). The lowest BCUT2D eigenvalue weighted by atomic mass is 10.2. The third-order valence-corrected chi connectivity index (χ3v) is 6.31. The highest BCUT2D eigenvalue weighted by Gasteiger charge is 2.25. The van der Waals surface area contributed by atoms with Crippen molar-refractivity contribution < 1.29 is 23.0 Å². The van der Waals surface area contributed by atoms with Crippen LogP contribution in [0.2, 0.25) is 0 Å². The van der Waals surface area contributed by atoms with Gasteiger partial charge in [-0.15, -0.1) is 0 Å². The number of nitrogens with one attached hydrogen (secondary N) is 1. The van der Waals surface area contributed by atoms with E-state index in [-0.39, 0.29) is 45.8 Å². The molecule has 0 radical (unpaired) electrons. The van der Waals surface area contributed by atoms with Crippen molar-refractivity contribution in [1.82, 2.24) is 29.5 Å². The van der Waals surface area contributed by atoms with Gasteiger partial charge >= 0.3 is 0 Å². The van der Waals surface area contributed by atoms with Gasteiger partial charge in [-0.1, -0.05) is 11.8 Å². The fourth-order valence-corrected chi connectivity index (χ4v) is 4.66. The predicted molar refractivity (Wildman–Crippen MR) is 137 cm³/mol. The molecule has 0 spiro atoms. The number of anilines is 1. The van der Waals surface area contributed by atoms with E-state index in [0.29, 0.717) is 18.3 Å². The number of methoxy groups -OCH3 is 1. The number of nitrogens with zero attached hydrogens (tertiary/aromatic N) is 7. The molecule has 192 valence electrons. The number of phenols is 1. The van der Waals surface area contributed by atoms with Gasteiger partial charge < -0.3 is 14.6 Å². The molecule has 0 atom stereocenters. The van der Waals surface area contributed by atoms with Crippen molar-refractivity contribution in [2.75, 3.05) is 18.4 Å². The van der Waals surface area contributed by atoms with E-state index in [9.17, 15) is 13.5 Å². The van der Waals surface area contributed by atoms with Crippen molar-refractivity contribution in [3.8, 4) is 17.2 Å². The zero-order valence-corrected chi connectivity index (χ0v) is 21.0. The molecule has 1 aliphatic rings. The Morgan fingerprint density at radius 2 is 2.03 bits per heavy atom. The van der Waals surface area contributed by atoms with Crippen LogP contribution in [-0.4, -0.2) is 62.6 Å². The zero-order valence-electron chi connectivity index (χ0n) is 20.2. The number of benzene rings is 1. The molecular weight excluding hydrogens is 512 g/mol. The van der Waals surface area contributed by atoms with Crippen LogP contribution in [0.5, 0.6) is 11.5 Å². The second-order valence-electron chi connectivity index (χ2n) is 7.70. The van der Waals surface area contributed by atoms with Crippen LogP contribution in [0.25, 0.3) is 22.7 Å². The first-order valence-electron chi connectivity index (χ1n) is 11.2. The Morgan fingerprint density at radius 1 is 1.16 bits per heavy atom. The molecule has 4 aromatic rings. The highest BCUT2D eigenvalue weighted by atomic mass is 32.2. The van der Waals surface area contributed by atoms with Crippen LogP contribution in [0.3, 0.4) is 0 Å². The lowest BCUT2D eigenvalue weighted by Gasteiger charge is -2.14. The quantitative estimate of drug-likeness (QED) is 0.322. The molecule has 14 heteroatoms. The Balaban J connectivity index is 1.67. The van der Waals surface area contributed by atoms with E-state index in [4.69, 9.17) is 9.47 Å². The number of aromatic nitrogens is 6. The van der Waals surface area contributed by atoms with E-state index in [0.717, 1.165) is 0 Å². The summed E-state index contributed by atoms with van der Waals surface area (Å²) in [4.78, 5) is 25.6. The van der Waals surface area contributed by atoms with Crippen LogP contribution in [0.15, 0.2) is 65.5 Å². The molecule has 38 heavy (non-hydrogen) atoms.